The van der Waals surface area contributed by atoms with Gasteiger partial charge in [0.1, 0.15) is 6.54 Å². The van der Waals surface area contributed by atoms with Gasteiger partial charge < -0.3 is 15.0 Å². The van der Waals surface area contributed by atoms with Crippen molar-refractivity contribution in [1.29, 1.82) is 0 Å². The number of rotatable bonds is 6. The van der Waals surface area contributed by atoms with Crippen LogP contribution < -0.4 is 10.2 Å². The first kappa shape index (κ1) is 19.3. The van der Waals surface area contributed by atoms with Gasteiger partial charge in [0.05, 0.1) is 13.7 Å². The first-order valence-electron chi connectivity index (χ1n) is 8.56. The van der Waals surface area contributed by atoms with Gasteiger partial charge in [-0.3, -0.25) is 4.79 Å². The number of hydrogen-bond donors (Lipinski definition) is 2. The van der Waals surface area contributed by atoms with Crippen LogP contribution in [0.3, 0.4) is 0 Å². The lowest BCUT2D eigenvalue weighted by atomic mass is 10.1. The molecule has 1 fully saturated rings. The molecule has 3 rings (SSSR count). The Balaban J connectivity index is 1.64. The van der Waals surface area contributed by atoms with Crippen molar-refractivity contribution in [2.75, 3.05) is 31.3 Å². The number of thioether (sulfide) groups is 1. The lowest BCUT2D eigenvalue weighted by Gasteiger charge is -2.27. The van der Waals surface area contributed by atoms with Crippen LogP contribution in [0.25, 0.3) is 0 Å². The normalized spacial score (nSPS) is 19.9. The molecule has 2 aromatic rings. The maximum atomic E-state index is 11.8. The Hall–Kier alpha value is -1.42. The Kier molecular flexibility index (Phi) is 6.68. The Morgan fingerprint density at radius 2 is 2.23 bits per heavy atom. The molecule has 2 heterocycles. The standard InChI is InChI=1S/C17H22N4O2S3/c1-3-12-4-6-13(7-5-12)18-16-19-21(17(24)26-16)11-20-8-9-25-14(10-20)15(22)23-2/h4-7,14H,3,8-11H2,1-2H3,(H,18,19)/p+1/t14-/m1/s1. The molecular weight excluding hydrogens is 388 g/mol. The predicted octanol–water partition coefficient (Wildman–Crippen LogP) is 2.11. The zero-order valence-corrected chi connectivity index (χ0v) is 17.3. The van der Waals surface area contributed by atoms with E-state index < -0.39 is 0 Å². The van der Waals surface area contributed by atoms with Crippen LogP contribution in [0, 0.1) is 3.95 Å². The minimum atomic E-state index is -0.146. The number of carbonyl (C=O) groups is 1. The van der Waals surface area contributed by atoms with Crippen LogP contribution in [0.15, 0.2) is 24.3 Å². The molecule has 1 saturated heterocycles. The first-order valence-corrected chi connectivity index (χ1v) is 10.8. The third kappa shape index (κ3) is 4.85. The van der Waals surface area contributed by atoms with Crippen molar-refractivity contribution in [2.45, 2.75) is 25.3 Å². The number of aromatic nitrogens is 2. The van der Waals surface area contributed by atoms with E-state index in [2.05, 4.69) is 41.6 Å². The summed E-state index contributed by atoms with van der Waals surface area (Å²) in [5.74, 6) is 0.786. The number of quaternary nitrogens is 1. The molecule has 0 saturated carbocycles. The smallest absolute Gasteiger partial charge is 0.324 e. The molecule has 1 aliphatic rings. The van der Waals surface area contributed by atoms with Gasteiger partial charge in [0, 0.05) is 11.4 Å². The van der Waals surface area contributed by atoms with Crippen LogP contribution in [0.2, 0.25) is 0 Å². The van der Waals surface area contributed by atoms with E-state index in [1.807, 2.05) is 4.68 Å². The minimum absolute atomic E-state index is 0.105. The number of nitrogens with one attached hydrogen (secondary N) is 2. The van der Waals surface area contributed by atoms with Crippen LogP contribution in [0.4, 0.5) is 10.8 Å². The average Bonchev–Trinajstić information content (AvgIpc) is 3.00. The fraction of sp³-hybridized carbons (Fsp3) is 0.471. The number of hydrogen-bond acceptors (Lipinski definition) is 7. The second-order valence-corrected chi connectivity index (χ2v) is 9.03. The van der Waals surface area contributed by atoms with E-state index >= 15 is 0 Å². The third-order valence-corrected chi connectivity index (χ3v) is 6.73. The SMILES string of the molecule is CCc1ccc(Nc2nn(C[NH+]3CCS[C@@H](C(=O)OC)C3)c(=S)s2)cc1. The molecule has 1 aliphatic heterocycles. The number of anilines is 2. The predicted molar refractivity (Wildman–Crippen MR) is 109 cm³/mol. The molecule has 0 spiro atoms. The van der Waals surface area contributed by atoms with Crippen LogP contribution in [-0.4, -0.2) is 47.0 Å². The van der Waals surface area contributed by atoms with Crippen molar-refractivity contribution in [3.63, 3.8) is 0 Å². The Labute approximate surface area is 166 Å². The van der Waals surface area contributed by atoms with Gasteiger partial charge in [-0.25, -0.2) is 0 Å². The third-order valence-electron chi connectivity index (χ3n) is 4.31. The first-order chi connectivity index (χ1) is 12.6. The maximum absolute atomic E-state index is 11.8. The largest absolute Gasteiger partial charge is 0.468 e. The molecule has 0 aliphatic carbocycles. The van der Waals surface area contributed by atoms with Gasteiger partial charge >= 0.3 is 5.97 Å². The number of aryl methyl sites for hydroxylation is 1. The number of esters is 1. The van der Waals surface area contributed by atoms with Crippen molar-refractivity contribution in [1.82, 2.24) is 9.78 Å². The molecule has 6 nitrogen and oxygen atoms in total. The van der Waals surface area contributed by atoms with Crippen LogP contribution in [-0.2, 0) is 22.6 Å². The van der Waals surface area contributed by atoms with Gasteiger partial charge in [-0.05, 0) is 36.3 Å². The summed E-state index contributed by atoms with van der Waals surface area (Å²) < 4.78 is 7.46. The molecule has 0 radical (unpaired) electrons. The highest BCUT2D eigenvalue weighted by atomic mass is 32.2. The van der Waals surface area contributed by atoms with Crippen molar-refractivity contribution >= 4 is 52.1 Å². The van der Waals surface area contributed by atoms with Gasteiger partial charge in [-0.2, -0.15) is 4.68 Å². The fourth-order valence-corrected chi connectivity index (χ4v) is 5.11. The molecule has 2 N–H and O–H groups in total. The zero-order chi connectivity index (χ0) is 18.5. The monoisotopic (exact) mass is 411 g/mol. The van der Waals surface area contributed by atoms with Gasteiger partial charge in [-0.15, -0.1) is 16.9 Å². The number of ether oxygens (including phenoxy) is 1. The van der Waals surface area contributed by atoms with Crippen molar-refractivity contribution in [2.24, 2.45) is 0 Å². The molecule has 26 heavy (non-hydrogen) atoms. The van der Waals surface area contributed by atoms with Crippen molar-refractivity contribution in [3.8, 4) is 0 Å². The fourth-order valence-electron chi connectivity index (χ4n) is 2.81. The van der Waals surface area contributed by atoms with Gasteiger partial charge in [0.2, 0.25) is 5.13 Å². The Morgan fingerprint density at radius 3 is 2.92 bits per heavy atom. The summed E-state index contributed by atoms with van der Waals surface area (Å²) in [4.78, 5) is 13.1. The second-order valence-electron chi connectivity index (χ2n) is 6.09. The molecule has 0 amide bonds. The summed E-state index contributed by atoms with van der Waals surface area (Å²) in [6.07, 6.45) is 1.03. The highest BCUT2D eigenvalue weighted by molar-refractivity contribution is 8.00. The Bertz CT molecular complexity index is 803. The van der Waals surface area contributed by atoms with E-state index in [1.54, 1.807) is 11.8 Å². The summed E-state index contributed by atoms with van der Waals surface area (Å²) in [5, 5.41) is 8.61. The number of benzene rings is 1. The van der Waals surface area contributed by atoms with E-state index in [9.17, 15) is 4.79 Å². The molecule has 140 valence electrons. The summed E-state index contributed by atoms with van der Waals surface area (Å²) >= 11 is 8.60. The number of methoxy groups -OCH3 is 1. The molecule has 2 atom stereocenters. The quantitative estimate of drug-likeness (QED) is 0.561. The highest BCUT2D eigenvalue weighted by Crippen LogP contribution is 2.20. The van der Waals surface area contributed by atoms with Crippen LogP contribution in [0.1, 0.15) is 12.5 Å². The van der Waals surface area contributed by atoms with E-state index in [-0.39, 0.29) is 11.2 Å². The van der Waals surface area contributed by atoms with Gasteiger partial charge in [0.15, 0.2) is 15.9 Å². The van der Waals surface area contributed by atoms with Gasteiger partial charge in [0.25, 0.3) is 0 Å². The molecule has 1 aromatic heterocycles. The van der Waals surface area contributed by atoms with E-state index in [0.29, 0.717) is 6.67 Å². The molecular formula is C17H23N4O2S3+. The number of nitrogens with zero attached hydrogens (tertiary/aromatic N) is 2. The van der Waals surface area contributed by atoms with Crippen LogP contribution in [0.5, 0.6) is 0 Å². The summed E-state index contributed by atoms with van der Waals surface area (Å²) in [6.45, 7) is 4.53. The average molecular weight is 412 g/mol. The molecule has 0 bridgehead atoms. The second kappa shape index (κ2) is 8.98. The van der Waals surface area contributed by atoms with E-state index in [1.165, 1.54) is 28.9 Å². The van der Waals surface area contributed by atoms with E-state index in [4.69, 9.17) is 17.0 Å². The summed E-state index contributed by atoms with van der Waals surface area (Å²) in [7, 11) is 1.44. The van der Waals surface area contributed by atoms with Crippen molar-refractivity contribution < 1.29 is 14.4 Å². The summed E-state index contributed by atoms with van der Waals surface area (Å²) in [6, 6.07) is 8.34. The van der Waals surface area contributed by atoms with E-state index in [0.717, 1.165) is 40.0 Å². The lowest BCUT2D eigenvalue weighted by Crippen LogP contribution is -3.14. The van der Waals surface area contributed by atoms with Gasteiger partial charge in [-0.1, -0.05) is 30.4 Å². The zero-order valence-electron chi connectivity index (χ0n) is 14.9. The molecule has 9 heteroatoms. The lowest BCUT2D eigenvalue weighted by molar-refractivity contribution is -0.921. The Morgan fingerprint density at radius 1 is 1.46 bits per heavy atom. The minimum Gasteiger partial charge on any atom is -0.468 e. The topological polar surface area (TPSA) is 60.6 Å². The molecule has 1 unspecified atom stereocenters. The summed E-state index contributed by atoms with van der Waals surface area (Å²) in [5.41, 5.74) is 2.31. The highest BCUT2D eigenvalue weighted by Gasteiger charge is 2.30. The van der Waals surface area contributed by atoms with Crippen LogP contribution >= 0.6 is 35.3 Å². The molecule has 1 aromatic carbocycles. The number of carbonyl (C=O) groups excluding carboxylic acids is 1. The maximum Gasteiger partial charge on any atom is 0.324 e. The van der Waals surface area contributed by atoms with Crippen molar-refractivity contribution in [3.05, 3.63) is 33.8 Å².